The van der Waals surface area contributed by atoms with Crippen molar-refractivity contribution in [2.75, 3.05) is 31.1 Å². The molecule has 1 aromatic heterocycles. The first-order valence-corrected chi connectivity index (χ1v) is 8.22. The topological polar surface area (TPSA) is 27.1 Å². The molecule has 0 fully saturated rings. The average Bonchev–Trinajstić information content (AvgIpc) is 2.44. The van der Waals surface area contributed by atoms with Gasteiger partial charge in [-0.25, -0.2) is 14.7 Å². The van der Waals surface area contributed by atoms with Crippen LogP contribution in [0.15, 0.2) is 16.9 Å². The number of rotatable bonds is 5. The molecule has 0 spiro atoms. The molecule has 0 atom stereocenters. The second kappa shape index (κ2) is 5.19. The Labute approximate surface area is 95.3 Å². The fraction of sp³-hybridized carbons (Fsp3) is 0.667. The molecule has 0 aliphatic rings. The number of ether oxygens (including phenoxy) is 1. The summed E-state index contributed by atoms with van der Waals surface area (Å²) < 4.78 is 8.27. The van der Waals surface area contributed by atoms with Gasteiger partial charge in [0.2, 0.25) is 0 Å². The van der Waals surface area contributed by atoms with Crippen LogP contribution in [0.1, 0.15) is 0 Å². The van der Waals surface area contributed by atoms with E-state index in [-0.39, 0.29) is 0 Å². The normalized spacial score (nSPS) is 13.1. The molecule has 3 nitrogen and oxygen atoms in total. The molecule has 1 heterocycles. The summed E-state index contributed by atoms with van der Waals surface area (Å²) in [6.45, 7) is 1.34. The van der Waals surface area contributed by atoms with E-state index in [2.05, 4.69) is 39.8 Å². The minimum atomic E-state index is -0.442. The molecule has 82 valence electrons. The van der Waals surface area contributed by atoms with Gasteiger partial charge >= 0.3 is 0 Å². The van der Waals surface area contributed by atoms with Crippen molar-refractivity contribution in [2.24, 2.45) is 0 Å². The van der Waals surface area contributed by atoms with Crippen molar-refractivity contribution in [2.45, 2.75) is 6.73 Å². The van der Waals surface area contributed by atoms with Gasteiger partial charge in [-0.15, -0.1) is 0 Å². The molecule has 0 unspecified atom stereocenters. The molecule has 0 aliphatic heterocycles. The van der Waals surface area contributed by atoms with Crippen LogP contribution < -0.4 is 0 Å². The van der Waals surface area contributed by atoms with Crippen LogP contribution in [0, 0.1) is 0 Å². The van der Waals surface area contributed by atoms with Crippen molar-refractivity contribution in [1.82, 2.24) is 9.78 Å². The molecule has 14 heavy (non-hydrogen) atoms. The highest BCUT2D eigenvalue weighted by atomic mass is 79.9. The van der Waals surface area contributed by atoms with E-state index in [9.17, 15) is 0 Å². The predicted molar refractivity (Wildman–Crippen MR) is 66.1 cm³/mol. The highest BCUT2D eigenvalue weighted by Crippen LogP contribution is 2.33. The summed E-state index contributed by atoms with van der Waals surface area (Å²) in [4.78, 5) is 0. The van der Waals surface area contributed by atoms with E-state index in [4.69, 9.17) is 4.74 Å². The minimum absolute atomic E-state index is 0.442. The molecule has 0 N–H and O–H groups in total. The second-order valence-corrected chi connectivity index (χ2v) is 9.39. The Hall–Kier alpha value is -0.0000000000000000555. The molecule has 1 rings (SSSR count). The summed E-state index contributed by atoms with van der Waals surface area (Å²) in [7, 11) is -0.442. The lowest BCUT2D eigenvalue weighted by molar-refractivity contribution is 0.0793. The van der Waals surface area contributed by atoms with E-state index < -0.39 is 10.0 Å². The first-order chi connectivity index (χ1) is 6.49. The molecule has 0 saturated heterocycles. The second-order valence-electron chi connectivity index (χ2n) is 3.99. The Morgan fingerprint density at radius 3 is 2.71 bits per heavy atom. The van der Waals surface area contributed by atoms with Crippen molar-refractivity contribution in [3.63, 3.8) is 0 Å². The van der Waals surface area contributed by atoms with E-state index in [1.54, 1.807) is 10.9 Å². The average molecular weight is 281 g/mol. The third-order valence-corrected chi connectivity index (χ3v) is 3.78. The quantitative estimate of drug-likeness (QED) is 0.774. The predicted octanol–water partition coefficient (Wildman–Crippen LogP) is 2.31. The molecular formula is C9H17BrN2OS. The zero-order valence-corrected chi connectivity index (χ0v) is 11.3. The van der Waals surface area contributed by atoms with Crippen molar-refractivity contribution in [3.05, 3.63) is 16.9 Å². The SMILES string of the molecule is CS(C)(C)CCOCn1nccc1Br. The fourth-order valence-electron chi connectivity index (χ4n) is 0.871. The van der Waals surface area contributed by atoms with Crippen LogP contribution in [0.2, 0.25) is 0 Å². The van der Waals surface area contributed by atoms with E-state index >= 15 is 0 Å². The van der Waals surface area contributed by atoms with Gasteiger partial charge < -0.3 is 4.74 Å². The molecular weight excluding hydrogens is 264 g/mol. The van der Waals surface area contributed by atoms with Crippen LogP contribution in [-0.2, 0) is 11.5 Å². The van der Waals surface area contributed by atoms with Crippen LogP contribution in [0.4, 0.5) is 0 Å². The standard InChI is InChI=1S/C9H17BrN2OS/c1-14(2,3)7-6-13-8-12-9(10)4-5-11-12/h4-5H,6-8H2,1-3H3. The summed E-state index contributed by atoms with van der Waals surface area (Å²) in [5, 5.41) is 4.10. The third kappa shape index (κ3) is 4.48. The first-order valence-electron chi connectivity index (χ1n) is 4.40. The largest absolute Gasteiger partial charge is 0.358 e. The van der Waals surface area contributed by atoms with Crippen LogP contribution >= 0.6 is 26.0 Å². The van der Waals surface area contributed by atoms with Gasteiger partial charge in [-0.05, 0) is 40.8 Å². The van der Waals surface area contributed by atoms with Crippen molar-refractivity contribution in [3.8, 4) is 0 Å². The summed E-state index contributed by atoms with van der Waals surface area (Å²) in [5.41, 5.74) is 0. The highest BCUT2D eigenvalue weighted by molar-refractivity contribution is 9.10. The highest BCUT2D eigenvalue weighted by Gasteiger charge is 2.03. The summed E-state index contributed by atoms with van der Waals surface area (Å²) in [5.74, 6) is 1.14. The molecule has 1 aromatic rings. The molecule has 0 saturated carbocycles. The zero-order valence-electron chi connectivity index (χ0n) is 8.86. The Morgan fingerprint density at radius 1 is 1.50 bits per heavy atom. The lowest BCUT2D eigenvalue weighted by atomic mass is 10.7. The summed E-state index contributed by atoms with van der Waals surface area (Å²) in [6, 6.07) is 1.90. The van der Waals surface area contributed by atoms with Crippen LogP contribution in [0.25, 0.3) is 0 Å². The lowest BCUT2D eigenvalue weighted by Crippen LogP contribution is -2.10. The van der Waals surface area contributed by atoms with Crippen LogP contribution in [-0.4, -0.2) is 40.9 Å². The van der Waals surface area contributed by atoms with E-state index in [0.29, 0.717) is 6.73 Å². The van der Waals surface area contributed by atoms with Crippen LogP contribution in [0.3, 0.4) is 0 Å². The van der Waals surface area contributed by atoms with Gasteiger partial charge in [-0.2, -0.15) is 5.10 Å². The van der Waals surface area contributed by atoms with E-state index in [1.807, 2.05) is 6.07 Å². The number of aromatic nitrogens is 2. The van der Waals surface area contributed by atoms with Crippen molar-refractivity contribution in [1.29, 1.82) is 0 Å². The monoisotopic (exact) mass is 280 g/mol. The van der Waals surface area contributed by atoms with Crippen molar-refractivity contribution >= 4 is 26.0 Å². The summed E-state index contributed by atoms with van der Waals surface area (Å²) >= 11 is 3.38. The van der Waals surface area contributed by atoms with Crippen molar-refractivity contribution < 1.29 is 4.74 Å². The number of hydrogen-bond donors (Lipinski definition) is 0. The number of nitrogens with zero attached hydrogens (tertiary/aromatic N) is 2. The van der Waals surface area contributed by atoms with Gasteiger partial charge in [0.05, 0.1) is 12.8 Å². The molecule has 5 heteroatoms. The molecule has 0 radical (unpaired) electrons. The van der Waals surface area contributed by atoms with Gasteiger partial charge in [0.1, 0.15) is 11.3 Å². The fourth-order valence-corrected chi connectivity index (χ4v) is 1.80. The molecule has 0 bridgehead atoms. The van der Waals surface area contributed by atoms with E-state index in [1.165, 1.54) is 0 Å². The minimum Gasteiger partial charge on any atom is -0.358 e. The molecule has 0 aliphatic carbocycles. The Balaban J connectivity index is 2.20. The zero-order chi connectivity index (χ0) is 10.6. The van der Waals surface area contributed by atoms with Gasteiger partial charge in [0.15, 0.2) is 0 Å². The van der Waals surface area contributed by atoms with E-state index in [0.717, 1.165) is 17.0 Å². The van der Waals surface area contributed by atoms with Gasteiger partial charge in [-0.3, -0.25) is 0 Å². The maximum atomic E-state index is 5.53. The summed E-state index contributed by atoms with van der Waals surface area (Å²) in [6.07, 6.45) is 8.63. The maximum absolute atomic E-state index is 5.53. The number of hydrogen-bond acceptors (Lipinski definition) is 2. The molecule has 0 aromatic carbocycles. The first kappa shape index (κ1) is 12.1. The third-order valence-electron chi connectivity index (χ3n) is 1.72. The van der Waals surface area contributed by atoms with Gasteiger partial charge in [0, 0.05) is 5.75 Å². The number of halogens is 1. The van der Waals surface area contributed by atoms with Gasteiger partial charge in [0.25, 0.3) is 0 Å². The van der Waals surface area contributed by atoms with Crippen LogP contribution in [0.5, 0.6) is 0 Å². The lowest BCUT2D eigenvalue weighted by Gasteiger charge is -2.24. The van der Waals surface area contributed by atoms with Gasteiger partial charge in [-0.1, -0.05) is 0 Å². The smallest absolute Gasteiger partial charge is 0.140 e. The maximum Gasteiger partial charge on any atom is 0.140 e. The Kier molecular flexibility index (Phi) is 4.47. The Bertz CT molecular complexity index is 283. The molecule has 0 amide bonds. The Morgan fingerprint density at radius 2 is 2.21 bits per heavy atom.